The Morgan fingerprint density at radius 3 is 2.79 bits per heavy atom. The molecule has 0 aliphatic heterocycles. The smallest absolute Gasteiger partial charge is 0.0817 e. The van der Waals surface area contributed by atoms with E-state index in [2.05, 4.69) is 55.7 Å². The van der Waals surface area contributed by atoms with Crippen LogP contribution < -0.4 is 5.32 Å². The summed E-state index contributed by atoms with van der Waals surface area (Å²) in [6.45, 7) is 7.48. The summed E-state index contributed by atoms with van der Waals surface area (Å²) in [5.41, 5.74) is 1.11. The first-order valence-electron chi connectivity index (χ1n) is 6.84. The first kappa shape index (κ1) is 14.5. The third kappa shape index (κ3) is 2.99. The fraction of sp³-hybridized carbons (Fsp3) is 0.500. The molecule has 1 atom stereocenters. The third-order valence-electron chi connectivity index (χ3n) is 3.64. The summed E-state index contributed by atoms with van der Waals surface area (Å²) in [6.07, 6.45) is 1.12. The van der Waals surface area contributed by atoms with Crippen LogP contribution in [0.2, 0.25) is 0 Å². The minimum atomic E-state index is -0.229. The van der Waals surface area contributed by atoms with Gasteiger partial charge in [-0.3, -0.25) is 0 Å². The second-order valence-electron chi connectivity index (χ2n) is 5.38. The molecule has 0 saturated carbocycles. The zero-order valence-corrected chi connectivity index (χ0v) is 13.0. The molecule has 104 valence electrons. The number of ether oxygens (including phenoxy) is 1. The standard InChI is InChI=1S/C16H23NOS/c1-5-10-17-15(16(2,3)18-4)13-8-6-7-12-9-11-19-14(12)13/h6-9,11,15,17H,5,10H2,1-4H3. The van der Waals surface area contributed by atoms with E-state index in [0.717, 1.165) is 13.0 Å². The van der Waals surface area contributed by atoms with Crippen LogP contribution in [0.4, 0.5) is 0 Å². The average molecular weight is 277 g/mol. The summed E-state index contributed by atoms with van der Waals surface area (Å²) in [6, 6.07) is 8.91. The van der Waals surface area contributed by atoms with E-state index in [-0.39, 0.29) is 11.6 Å². The minimum absolute atomic E-state index is 0.208. The van der Waals surface area contributed by atoms with Gasteiger partial charge < -0.3 is 10.1 Å². The van der Waals surface area contributed by atoms with Gasteiger partial charge in [0.2, 0.25) is 0 Å². The van der Waals surface area contributed by atoms with E-state index >= 15 is 0 Å². The van der Waals surface area contributed by atoms with Gasteiger partial charge in [0.05, 0.1) is 11.6 Å². The maximum absolute atomic E-state index is 5.72. The fourth-order valence-electron chi connectivity index (χ4n) is 2.38. The van der Waals surface area contributed by atoms with E-state index in [0.29, 0.717) is 0 Å². The molecule has 0 radical (unpaired) electrons. The van der Waals surface area contributed by atoms with Crippen LogP contribution in [0.3, 0.4) is 0 Å². The van der Waals surface area contributed by atoms with Gasteiger partial charge in [0.1, 0.15) is 0 Å². The maximum Gasteiger partial charge on any atom is 0.0817 e. The Hall–Kier alpha value is -0.900. The van der Waals surface area contributed by atoms with Crippen molar-refractivity contribution in [1.29, 1.82) is 0 Å². The van der Waals surface area contributed by atoms with Crippen molar-refractivity contribution in [1.82, 2.24) is 5.32 Å². The lowest BCUT2D eigenvalue weighted by atomic mass is 9.91. The van der Waals surface area contributed by atoms with Gasteiger partial charge in [0.15, 0.2) is 0 Å². The Labute approximate surface area is 119 Å². The summed E-state index contributed by atoms with van der Waals surface area (Å²) < 4.78 is 7.08. The van der Waals surface area contributed by atoms with Gasteiger partial charge in [-0.2, -0.15) is 0 Å². The molecular formula is C16H23NOS. The van der Waals surface area contributed by atoms with Gasteiger partial charge in [-0.15, -0.1) is 11.3 Å². The normalized spacial score (nSPS) is 13.9. The summed E-state index contributed by atoms with van der Waals surface area (Å²) >= 11 is 1.81. The number of hydrogen-bond acceptors (Lipinski definition) is 3. The number of benzene rings is 1. The van der Waals surface area contributed by atoms with Crippen LogP contribution in [-0.4, -0.2) is 19.3 Å². The molecule has 1 heterocycles. The van der Waals surface area contributed by atoms with E-state index in [1.54, 1.807) is 18.4 Å². The Kier molecular flexibility index (Phi) is 4.61. The highest BCUT2D eigenvalue weighted by molar-refractivity contribution is 7.17. The molecule has 19 heavy (non-hydrogen) atoms. The lowest BCUT2D eigenvalue weighted by Gasteiger charge is -2.34. The highest BCUT2D eigenvalue weighted by atomic mass is 32.1. The van der Waals surface area contributed by atoms with Gasteiger partial charge >= 0.3 is 0 Å². The molecule has 0 aliphatic carbocycles. The van der Waals surface area contributed by atoms with Gasteiger partial charge in [-0.25, -0.2) is 0 Å². The van der Waals surface area contributed by atoms with Crippen LogP contribution in [0.1, 0.15) is 38.8 Å². The summed E-state index contributed by atoms with van der Waals surface area (Å²) in [5, 5.41) is 7.12. The van der Waals surface area contributed by atoms with Gasteiger partial charge in [0.25, 0.3) is 0 Å². The van der Waals surface area contributed by atoms with Crippen LogP contribution in [0, 0.1) is 0 Å². The molecule has 2 aromatic rings. The largest absolute Gasteiger partial charge is 0.377 e. The Balaban J connectivity index is 2.45. The van der Waals surface area contributed by atoms with Crippen molar-refractivity contribution < 1.29 is 4.74 Å². The van der Waals surface area contributed by atoms with Crippen molar-refractivity contribution in [3.8, 4) is 0 Å². The van der Waals surface area contributed by atoms with Gasteiger partial charge in [0, 0.05) is 11.8 Å². The van der Waals surface area contributed by atoms with Crippen LogP contribution in [0.25, 0.3) is 10.1 Å². The lowest BCUT2D eigenvalue weighted by Crippen LogP contribution is -2.41. The molecule has 2 rings (SSSR count). The number of hydrogen-bond donors (Lipinski definition) is 1. The summed E-state index contributed by atoms with van der Waals surface area (Å²) in [5.74, 6) is 0. The summed E-state index contributed by atoms with van der Waals surface area (Å²) in [7, 11) is 1.79. The highest BCUT2D eigenvalue weighted by Crippen LogP contribution is 2.35. The molecule has 1 aromatic carbocycles. The number of rotatable bonds is 6. The van der Waals surface area contributed by atoms with Crippen molar-refractivity contribution in [2.75, 3.05) is 13.7 Å². The quantitative estimate of drug-likeness (QED) is 0.846. The van der Waals surface area contributed by atoms with Crippen LogP contribution in [0.15, 0.2) is 29.6 Å². The molecule has 0 bridgehead atoms. The van der Waals surface area contributed by atoms with E-state index in [4.69, 9.17) is 4.74 Å². The Bertz CT molecular complexity index is 532. The van der Waals surface area contributed by atoms with Crippen molar-refractivity contribution in [3.63, 3.8) is 0 Å². The Morgan fingerprint density at radius 1 is 1.32 bits per heavy atom. The molecule has 0 amide bonds. The maximum atomic E-state index is 5.72. The van der Waals surface area contributed by atoms with Crippen LogP contribution >= 0.6 is 11.3 Å². The van der Waals surface area contributed by atoms with Crippen molar-refractivity contribution in [2.24, 2.45) is 0 Å². The van der Waals surface area contributed by atoms with Gasteiger partial charge in [-0.05, 0) is 49.2 Å². The zero-order chi connectivity index (χ0) is 13.9. The molecule has 0 spiro atoms. The minimum Gasteiger partial charge on any atom is -0.377 e. The summed E-state index contributed by atoms with van der Waals surface area (Å²) in [4.78, 5) is 0. The first-order chi connectivity index (χ1) is 9.10. The number of nitrogens with one attached hydrogen (secondary N) is 1. The fourth-order valence-corrected chi connectivity index (χ4v) is 3.33. The predicted octanol–water partition coefficient (Wildman–Crippen LogP) is 4.37. The topological polar surface area (TPSA) is 21.3 Å². The molecule has 1 aromatic heterocycles. The van der Waals surface area contributed by atoms with E-state index in [9.17, 15) is 0 Å². The molecule has 0 aliphatic rings. The van der Waals surface area contributed by atoms with Gasteiger partial charge in [-0.1, -0.05) is 25.1 Å². The molecule has 0 saturated heterocycles. The van der Waals surface area contributed by atoms with E-state index in [1.807, 2.05) is 0 Å². The molecule has 1 unspecified atom stereocenters. The number of fused-ring (bicyclic) bond motifs is 1. The molecule has 2 nitrogen and oxygen atoms in total. The second-order valence-corrected chi connectivity index (χ2v) is 6.30. The molecule has 0 fully saturated rings. The third-order valence-corrected chi connectivity index (χ3v) is 4.62. The molecule has 1 N–H and O–H groups in total. The van der Waals surface area contributed by atoms with Crippen molar-refractivity contribution in [2.45, 2.75) is 38.8 Å². The van der Waals surface area contributed by atoms with Crippen LogP contribution in [-0.2, 0) is 4.74 Å². The van der Waals surface area contributed by atoms with E-state index < -0.39 is 0 Å². The van der Waals surface area contributed by atoms with Crippen molar-refractivity contribution in [3.05, 3.63) is 35.2 Å². The second kappa shape index (κ2) is 6.04. The zero-order valence-electron chi connectivity index (χ0n) is 12.2. The SMILES string of the molecule is CCCNC(c1cccc2ccsc12)C(C)(C)OC. The highest BCUT2D eigenvalue weighted by Gasteiger charge is 2.31. The lowest BCUT2D eigenvalue weighted by molar-refractivity contribution is -0.0106. The van der Waals surface area contributed by atoms with Crippen LogP contribution in [0.5, 0.6) is 0 Å². The first-order valence-corrected chi connectivity index (χ1v) is 7.72. The van der Waals surface area contributed by atoms with Crippen molar-refractivity contribution >= 4 is 21.4 Å². The van der Waals surface area contributed by atoms with E-state index in [1.165, 1.54) is 15.6 Å². The predicted molar refractivity (Wildman–Crippen MR) is 83.9 cm³/mol. The number of methoxy groups -OCH3 is 1. The molecule has 3 heteroatoms. The monoisotopic (exact) mass is 277 g/mol. The molecular weight excluding hydrogens is 254 g/mol. The average Bonchev–Trinajstić information content (AvgIpc) is 2.88. The number of thiophene rings is 1. The Morgan fingerprint density at radius 2 is 2.11 bits per heavy atom.